The second-order valence-electron chi connectivity index (χ2n) is 6.94. The highest BCUT2D eigenvalue weighted by molar-refractivity contribution is 5.79. The molecular weight excluding hydrogens is 371 g/mol. The number of alkyl halides is 3. The molecule has 1 aromatic carbocycles. The third-order valence-corrected chi connectivity index (χ3v) is 4.15. The summed E-state index contributed by atoms with van der Waals surface area (Å²) >= 11 is 0. The average Bonchev–Trinajstić information content (AvgIpc) is 3.16. The summed E-state index contributed by atoms with van der Waals surface area (Å²) in [6.07, 6.45) is -2.10. The van der Waals surface area contributed by atoms with Crippen molar-refractivity contribution in [1.82, 2.24) is 10.6 Å². The van der Waals surface area contributed by atoms with Crippen LogP contribution in [0.1, 0.15) is 30.7 Å². The maximum Gasteiger partial charge on any atom is 0.416 e. The quantitative estimate of drug-likeness (QED) is 0.522. The van der Waals surface area contributed by atoms with Crippen molar-refractivity contribution in [2.24, 2.45) is 4.99 Å². The summed E-state index contributed by atoms with van der Waals surface area (Å²) in [4.78, 5) is 4.41. The molecule has 0 atom stereocenters. The molecule has 0 unspecified atom stereocenters. The maximum atomic E-state index is 12.9. The van der Waals surface area contributed by atoms with Crippen LogP contribution in [0.5, 0.6) is 0 Å². The monoisotopic (exact) mass is 397 g/mol. The summed E-state index contributed by atoms with van der Waals surface area (Å²) in [5, 5.41) is 6.34. The molecule has 0 spiro atoms. The number of hydrogen-bond acceptors (Lipinski definition) is 3. The lowest BCUT2D eigenvalue weighted by atomic mass is 10.1. The molecule has 0 aliphatic carbocycles. The van der Waals surface area contributed by atoms with E-state index in [1.807, 2.05) is 26.0 Å². The third-order valence-electron chi connectivity index (χ3n) is 4.15. The molecule has 8 heteroatoms. The average molecular weight is 397 g/mol. The van der Waals surface area contributed by atoms with E-state index >= 15 is 0 Å². The van der Waals surface area contributed by atoms with Gasteiger partial charge in [0.15, 0.2) is 5.96 Å². The largest absolute Gasteiger partial charge is 0.469 e. The lowest BCUT2D eigenvalue weighted by molar-refractivity contribution is -0.137. The van der Waals surface area contributed by atoms with E-state index in [4.69, 9.17) is 9.15 Å². The van der Waals surface area contributed by atoms with Crippen LogP contribution in [0, 0.1) is 0 Å². The maximum absolute atomic E-state index is 12.9. The van der Waals surface area contributed by atoms with Crippen LogP contribution in [0.4, 0.5) is 13.2 Å². The first-order chi connectivity index (χ1) is 13.2. The molecule has 154 valence electrons. The number of aliphatic imine (C=N–C) groups is 1. The van der Waals surface area contributed by atoms with Crippen molar-refractivity contribution in [2.45, 2.75) is 38.6 Å². The van der Waals surface area contributed by atoms with Crippen molar-refractivity contribution >= 4 is 5.96 Å². The van der Waals surface area contributed by atoms with E-state index in [1.165, 1.54) is 6.07 Å². The van der Waals surface area contributed by atoms with Crippen molar-refractivity contribution in [3.05, 3.63) is 59.5 Å². The molecule has 0 fully saturated rings. The summed E-state index contributed by atoms with van der Waals surface area (Å²) in [6.45, 7) is 5.02. The summed E-state index contributed by atoms with van der Waals surface area (Å²) in [5.74, 6) is 1.33. The molecule has 0 amide bonds. The number of nitrogens with one attached hydrogen (secondary N) is 2. The predicted octanol–water partition coefficient (Wildman–Crippen LogP) is 4.00. The zero-order valence-corrected chi connectivity index (χ0v) is 16.3. The smallest absolute Gasteiger partial charge is 0.416 e. The Balaban J connectivity index is 2.03. The molecule has 5 nitrogen and oxygen atoms in total. The standard InChI is InChI=1S/C20H26F3N3O2/c1-19(2,27-3)14-26-18(24-10-9-17-8-5-11-28-17)25-13-15-6-4-7-16(12-15)20(21,22)23/h4-8,11-12H,9-10,13-14H2,1-3H3,(H2,24,25,26). The Morgan fingerprint density at radius 1 is 1.14 bits per heavy atom. The van der Waals surface area contributed by atoms with E-state index in [-0.39, 0.29) is 6.54 Å². The highest BCUT2D eigenvalue weighted by Crippen LogP contribution is 2.29. The molecule has 0 aliphatic heterocycles. The van der Waals surface area contributed by atoms with Crippen molar-refractivity contribution < 1.29 is 22.3 Å². The lowest BCUT2D eigenvalue weighted by Crippen LogP contribution is -2.45. The fourth-order valence-electron chi connectivity index (χ4n) is 2.32. The number of rotatable bonds is 8. The number of halogens is 3. The number of hydrogen-bond donors (Lipinski definition) is 2. The van der Waals surface area contributed by atoms with Crippen molar-refractivity contribution in [1.29, 1.82) is 0 Å². The Morgan fingerprint density at radius 2 is 1.93 bits per heavy atom. The van der Waals surface area contributed by atoms with Gasteiger partial charge < -0.3 is 19.8 Å². The fourth-order valence-corrected chi connectivity index (χ4v) is 2.32. The van der Waals surface area contributed by atoms with Gasteiger partial charge in [-0.05, 0) is 43.7 Å². The molecule has 0 saturated heterocycles. The molecule has 0 radical (unpaired) electrons. The van der Waals surface area contributed by atoms with E-state index in [2.05, 4.69) is 15.6 Å². The van der Waals surface area contributed by atoms with Gasteiger partial charge in [-0.3, -0.25) is 0 Å². The molecular formula is C20H26F3N3O2. The normalized spacial score (nSPS) is 12.9. The molecule has 0 bridgehead atoms. The second-order valence-corrected chi connectivity index (χ2v) is 6.94. The van der Waals surface area contributed by atoms with Crippen LogP contribution in [0.15, 0.2) is 52.1 Å². The van der Waals surface area contributed by atoms with Gasteiger partial charge in [-0.25, -0.2) is 4.99 Å². The minimum absolute atomic E-state index is 0.118. The van der Waals surface area contributed by atoms with Gasteiger partial charge in [-0.15, -0.1) is 0 Å². The summed E-state index contributed by atoms with van der Waals surface area (Å²) < 4.78 is 49.3. The third kappa shape index (κ3) is 7.26. The van der Waals surface area contributed by atoms with Crippen LogP contribution in [0.25, 0.3) is 0 Å². The summed E-state index contributed by atoms with van der Waals surface area (Å²) in [5.41, 5.74) is -0.617. The molecule has 2 aromatic rings. The molecule has 1 aromatic heterocycles. The van der Waals surface area contributed by atoms with Gasteiger partial charge in [-0.2, -0.15) is 13.2 Å². The van der Waals surface area contributed by atoms with Gasteiger partial charge in [0.25, 0.3) is 0 Å². The van der Waals surface area contributed by atoms with Crippen LogP contribution in [-0.4, -0.2) is 31.8 Å². The Labute approximate surface area is 163 Å². The molecule has 1 heterocycles. The highest BCUT2D eigenvalue weighted by Gasteiger charge is 2.30. The molecule has 28 heavy (non-hydrogen) atoms. The molecule has 2 N–H and O–H groups in total. The zero-order valence-electron chi connectivity index (χ0n) is 16.3. The van der Waals surface area contributed by atoms with Gasteiger partial charge in [0.2, 0.25) is 0 Å². The van der Waals surface area contributed by atoms with Crippen LogP contribution >= 0.6 is 0 Å². The topological polar surface area (TPSA) is 58.8 Å². The Bertz CT molecular complexity index is 756. The number of ether oxygens (including phenoxy) is 1. The van der Waals surface area contributed by atoms with E-state index in [9.17, 15) is 13.2 Å². The number of furan rings is 1. The van der Waals surface area contributed by atoms with E-state index in [0.29, 0.717) is 31.0 Å². The molecule has 0 aliphatic rings. The minimum Gasteiger partial charge on any atom is -0.469 e. The first-order valence-electron chi connectivity index (χ1n) is 8.95. The summed E-state index contributed by atoms with van der Waals surface area (Å²) in [6, 6.07) is 8.87. The fraction of sp³-hybridized carbons (Fsp3) is 0.450. The van der Waals surface area contributed by atoms with Gasteiger partial charge in [0.05, 0.1) is 24.0 Å². The highest BCUT2D eigenvalue weighted by atomic mass is 19.4. The predicted molar refractivity (Wildman–Crippen MR) is 102 cm³/mol. The van der Waals surface area contributed by atoms with Crippen molar-refractivity contribution in [3.8, 4) is 0 Å². The molecule has 2 rings (SSSR count). The number of nitrogens with zero attached hydrogens (tertiary/aromatic N) is 1. The van der Waals surface area contributed by atoms with E-state index in [0.717, 1.165) is 17.9 Å². The minimum atomic E-state index is -4.37. The van der Waals surface area contributed by atoms with E-state index < -0.39 is 17.3 Å². The lowest BCUT2D eigenvalue weighted by Gasteiger charge is -2.24. The van der Waals surface area contributed by atoms with Crippen LogP contribution < -0.4 is 10.6 Å². The zero-order chi connectivity index (χ0) is 20.6. The second kappa shape index (κ2) is 9.64. The van der Waals surface area contributed by atoms with Gasteiger partial charge >= 0.3 is 6.18 Å². The van der Waals surface area contributed by atoms with Gasteiger partial charge in [0, 0.05) is 26.6 Å². The Hall–Kier alpha value is -2.48. The Kier molecular flexibility index (Phi) is 7.51. The molecule has 0 saturated carbocycles. The van der Waals surface area contributed by atoms with Gasteiger partial charge in [-0.1, -0.05) is 12.1 Å². The van der Waals surface area contributed by atoms with Gasteiger partial charge in [0.1, 0.15) is 5.76 Å². The summed E-state index contributed by atoms with van der Waals surface area (Å²) in [7, 11) is 1.62. The number of benzene rings is 1. The van der Waals surface area contributed by atoms with Crippen molar-refractivity contribution in [2.75, 3.05) is 20.2 Å². The van der Waals surface area contributed by atoms with Crippen molar-refractivity contribution in [3.63, 3.8) is 0 Å². The van der Waals surface area contributed by atoms with Crippen LogP contribution in [0.3, 0.4) is 0 Å². The first kappa shape index (κ1) is 21.8. The number of methoxy groups -OCH3 is 1. The Morgan fingerprint density at radius 3 is 2.57 bits per heavy atom. The SMILES string of the molecule is COC(C)(C)CNC(=NCc1cccc(C(F)(F)F)c1)NCCc1ccco1. The van der Waals surface area contributed by atoms with Crippen LogP contribution in [0.2, 0.25) is 0 Å². The number of guanidine groups is 1. The first-order valence-corrected chi connectivity index (χ1v) is 8.95. The van der Waals surface area contributed by atoms with E-state index in [1.54, 1.807) is 19.4 Å². The van der Waals surface area contributed by atoms with Crippen LogP contribution in [-0.2, 0) is 23.9 Å².